The molecule has 10 heteroatoms. The number of aliphatic carboxylic acids is 1. The molecule has 0 bridgehead atoms. The highest BCUT2D eigenvalue weighted by Crippen LogP contribution is 2.27. The van der Waals surface area contributed by atoms with Gasteiger partial charge in [0.05, 0.1) is 0 Å². The molecule has 9 nitrogen and oxygen atoms in total. The van der Waals surface area contributed by atoms with E-state index in [1.54, 1.807) is 27.7 Å². The highest BCUT2D eigenvalue weighted by Gasteiger charge is 2.36. The molecule has 2 N–H and O–H groups in total. The van der Waals surface area contributed by atoms with E-state index in [1.165, 1.54) is 4.31 Å². The number of aromatic nitrogens is 1. The molecular weight excluding hydrogens is 362 g/mol. The highest BCUT2D eigenvalue weighted by atomic mass is 32.2. The Labute approximate surface area is 152 Å². The van der Waals surface area contributed by atoms with Gasteiger partial charge >= 0.3 is 5.97 Å². The molecule has 1 saturated heterocycles. The number of amides is 1. The number of nitrogens with zero attached hydrogens (tertiary/aromatic N) is 2. The van der Waals surface area contributed by atoms with Crippen molar-refractivity contribution in [3.63, 3.8) is 0 Å². The molecule has 1 atom stereocenters. The second-order valence-electron chi connectivity index (χ2n) is 6.90. The van der Waals surface area contributed by atoms with Crippen LogP contribution in [0.25, 0.3) is 0 Å². The van der Waals surface area contributed by atoms with Crippen molar-refractivity contribution in [1.29, 1.82) is 0 Å². The summed E-state index contributed by atoms with van der Waals surface area (Å²) in [5, 5.41) is 15.4. The predicted octanol–water partition coefficient (Wildman–Crippen LogP) is 0.918. The summed E-state index contributed by atoms with van der Waals surface area (Å²) < 4.78 is 31.8. The van der Waals surface area contributed by atoms with E-state index in [0.717, 1.165) is 0 Å². The number of carbonyl (C=O) groups is 2. The van der Waals surface area contributed by atoms with Crippen molar-refractivity contribution in [2.75, 3.05) is 13.1 Å². The number of carbonyl (C=O) groups excluding carboxylic acids is 1. The lowest BCUT2D eigenvalue weighted by Gasteiger charge is -2.31. The lowest BCUT2D eigenvalue weighted by molar-refractivity contribution is -0.144. The van der Waals surface area contributed by atoms with Crippen LogP contribution in [-0.4, -0.2) is 54.0 Å². The Morgan fingerprint density at radius 3 is 2.27 bits per heavy atom. The van der Waals surface area contributed by atoms with Gasteiger partial charge in [-0.1, -0.05) is 19.0 Å². The fourth-order valence-corrected chi connectivity index (χ4v) is 4.88. The molecule has 0 unspecified atom stereocenters. The summed E-state index contributed by atoms with van der Waals surface area (Å²) in [4.78, 5) is 23.6. The standard InChI is InChI=1S/C16H25N3O6S/c1-9(2)13(16(21)22)17-15(20)12-5-7-19(8-6-12)26(23,24)14-10(3)18-25-11(14)4/h9,12-13H,5-8H2,1-4H3,(H,17,20)(H,21,22)/t13-/m1/s1. The Bertz CT molecular complexity index is 758. The molecule has 0 aromatic carbocycles. The van der Waals surface area contributed by atoms with Crippen molar-refractivity contribution >= 4 is 21.9 Å². The van der Waals surface area contributed by atoms with E-state index in [-0.39, 0.29) is 35.6 Å². The first kappa shape index (κ1) is 20.4. The molecule has 0 saturated carbocycles. The Morgan fingerprint density at radius 2 is 1.85 bits per heavy atom. The minimum atomic E-state index is -3.73. The van der Waals surface area contributed by atoms with Crippen molar-refractivity contribution < 1.29 is 27.6 Å². The number of carboxylic acid groups (broad SMARTS) is 1. The summed E-state index contributed by atoms with van der Waals surface area (Å²) in [6, 6.07) is -0.952. The van der Waals surface area contributed by atoms with Gasteiger partial charge in [0.15, 0.2) is 5.76 Å². The van der Waals surface area contributed by atoms with E-state index < -0.39 is 28.0 Å². The quantitative estimate of drug-likeness (QED) is 0.742. The third-order valence-corrected chi connectivity index (χ3v) is 6.76. The zero-order chi connectivity index (χ0) is 19.6. The largest absolute Gasteiger partial charge is 0.480 e. The van der Waals surface area contributed by atoms with Gasteiger partial charge in [0, 0.05) is 19.0 Å². The Hall–Kier alpha value is -1.94. The number of rotatable bonds is 6. The van der Waals surface area contributed by atoms with Crippen LogP contribution in [0.15, 0.2) is 9.42 Å². The smallest absolute Gasteiger partial charge is 0.326 e. The van der Waals surface area contributed by atoms with Crippen LogP contribution in [0.4, 0.5) is 0 Å². The Kier molecular flexibility index (Phi) is 6.07. The molecule has 0 aliphatic carbocycles. The van der Waals surface area contributed by atoms with Crippen LogP contribution in [0.3, 0.4) is 0 Å². The number of piperidine rings is 1. The molecule has 2 heterocycles. The summed E-state index contributed by atoms with van der Waals surface area (Å²) >= 11 is 0. The molecule has 1 aliphatic heterocycles. The Morgan fingerprint density at radius 1 is 1.27 bits per heavy atom. The SMILES string of the molecule is Cc1noc(C)c1S(=O)(=O)N1CCC(C(=O)N[C@@H](C(=O)O)C(C)C)CC1. The average molecular weight is 387 g/mol. The van der Waals surface area contributed by atoms with Crippen LogP contribution in [0.2, 0.25) is 0 Å². The first-order valence-corrected chi connectivity index (χ1v) is 9.96. The van der Waals surface area contributed by atoms with Gasteiger partial charge in [0.2, 0.25) is 15.9 Å². The lowest BCUT2D eigenvalue weighted by atomic mass is 9.95. The van der Waals surface area contributed by atoms with E-state index >= 15 is 0 Å². The van der Waals surface area contributed by atoms with E-state index in [4.69, 9.17) is 4.52 Å². The van der Waals surface area contributed by atoms with Gasteiger partial charge in [-0.2, -0.15) is 4.31 Å². The van der Waals surface area contributed by atoms with Gasteiger partial charge in [-0.3, -0.25) is 4.79 Å². The summed E-state index contributed by atoms with van der Waals surface area (Å²) in [7, 11) is -3.73. The van der Waals surface area contributed by atoms with E-state index in [9.17, 15) is 23.1 Å². The van der Waals surface area contributed by atoms with Crippen molar-refractivity contribution in [2.45, 2.75) is 51.5 Å². The second kappa shape index (κ2) is 7.75. The molecule has 1 amide bonds. The molecule has 0 radical (unpaired) electrons. The third kappa shape index (κ3) is 4.07. The van der Waals surface area contributed by atoms with Gasteiger partial charge in [-0.15, -0.1) is 0 Å². The van der Waals surface area contributed by atoms with Crippen LogP contribution in [0.1, 0.15) is 38.1 Å². The van der Waals surface area contributed by atoms with Crippen LogP contribution >= 0.6 is 0 Å². The van der Waals surface area contributed by atoms with Crippen LogP contribution in [-0.2, 0) is 19.6 Å². The fourth-order valence-electron chi connectivity index (χ4n) is 3.12. The van der Waals surface area contributed by atoms with Gasteiger partial charge < -0.3 is 14.9 Å². The van der Waals surface area contributed by atoms with Gasteiger partial charge in [0.25, 0.3) is 0 Å². The molecule has 1 aliphatic rings. The summed E-state index contributed by atoms with van der Waals surface area (Å²) in [5.41, 5.74) is 0.309. The molecule has 2 rings (SSSR count). The summed E-state index contributed by atoms with van der Waals surface area (Å²) in [5.74, 6) is -1.83. The number of hydrogen-bond acceptors (Lipinski definition) is 6. The maximum absolute atomic E-state index is 12.8. The van der Waals surface area contributed by atoms with Crippen LogP contribution < -0.4 is 5.32 Å². The van der Waals surface area contributed by atoms with Crippen molar-refractivity contribution in [3.05, 3.63) is 11.5 Å². The molecule has 1 aromatic rings. The first-order chi connectivity index (χ1) is 12.1. The molecule has 1 aromatic heterocycles. The summed E-state index contributed by atoms with van der Waals surface area (Å²) in [6.07, 6.45) is 0.664. The predicted molar refractivity (Wildman–Crippen MR) is 91.9 cm³/mol. The third-order valence-electron chi connectivity index (χ3n) is 4.62. The average Bonchev–Trinajstić information content (AvgIpc) is 2.91. The number of nitrogens with one attached hydrogen (secondary N) is 1. The van der Waals surface area contributed by atoms with Crippen molar-refractivity contribution in [1.82, 2.24) is 14.8 Å². The molecule has 1 fully saturated rings. The monoisotopic (exact) mass is 387 g/mol. The fraction of sp³-hybridized carbons (Fsp3) is 0.688. The van der Waals surface area contributed by atoms with E-state index in [0.29, 0.717) is 18.5 Å². The second-order valence-corrected chi connectivity index (χ2v) is 8.77. The maximum atomic E-state index is 12.8. The summed E-state index contributed by atoms with van der Waals surface area (Å²) in [6.45, 7) is 6.93. The van der Waals surface area contributed by atoms with Gasteiger partial charge in [-0.05, 0) is 32.6 Å². The molecule has 26 heavy (non-hydrogen) atoms. The van der Waals surface area contributed by atoms with Gasteiger partial charge in [-0.25, -0.2) is 13.2 Å². The zero-order valence-electron chi connectivity index (χ0n) is 15.4. The van der Waals surface area contributed by atoms with E-state index in [1.807, 2.05) is 0 Å². The van der Waals surface area contributed by atoms with Crippen molar-refractivity contribution in [3.8, 4) is 0 Å². The number of sulfonamides is 1. The molecule has 146 valence electrons. The van der Waals surface area contributed by atoms with Crippen molar-refractivity contribution in [2.24, 2.45) is 11.8 Å². The Balaban J connectivity index is 2.03. The highest BCUT2D eigenvalue weighted by molar-refractivity contribution is 7.89. The maximum Gasteiger partial charge on any atom is 0.326 e. The van der Waals surface area contributed by atoms with Crippen LogP contribution in [0, 0.1) is 25.7 Å². The lowest BCUT2D eigenvalue weighted by Crippen LogP contribution is -2.49. The number of carboxylic acids is 1. The first-order valence-electron chi connectivity index (χ1n) is 8.52. The zero-order valence-corrected chi connectivity index (χ0v) is 16.2. The van der Waals surface area contributed by atoms with E-state index in [2.05, 4.69) is 10.5 Å². The minimum Gasteiger partial charge on any atom is -0.480 e. The number of aryl methyl sites for hydroxylation is 2. The normalized spacial score (nSPS) is 18.0. The van der Waals surface area contributed by atoms with Gasteiger partial charge in [0.1, 0.15) is 16.6 Å². The number of hydrogen-bond donors (Lipinski definition) is 2. The molecule has 0 spiro atoms. The topological polar surface area (TPSA) is 130 Å². The van der Waals surface area contributed by atoms with Crippen LogP contribution in [0.5, 0.6) is 0 Å². The molecular formula is C16H25N3O6S. The minimum absolute atomic E-state index is 0.0751.